The molecule has 0 bridgehead atoms. The molecule has 1 atom stereocenters. The molecule has 1 fully saturated rings. The van der Waals surface area contributed by atoms with Gasteiger partial charge in [-0.25, -0.2) is 9.78 Å². The van der Waals surface area contributed by atoms with Crippen LogP contribution in [0.5, 0.6) is 0 Å². The molecule has 0 aliphatic carbocycles. The topological polar surface area (TPSA) is 66.2 Å². The molecule has 0 N–H and O–H groups in total. The molecule has 1 aliphatic rings. The van der Waals surface area contributed by atoms with Crippen molar-refractivity contribution in [1.29, 1.82) is 5.26 Å². The Morgan fingerprint density at radius 2 is 2.47 bits per heavy atom. The standard InChI is InChI=1S/C14H17N3O2/c1-2-19-14(18)13-6-3-4-9-17(13)12-7-5-8-16-11(12)10-15/h5,7-8,13H,2-4,6,9H2,1H3. The van der Waals surface area contributed by atoms with Crippen LogP contribution in [0.4, 0.5) is 5.69 Å². The molecule has 2 heterocycles. The Bertz CT molecular complexity index is 496. The smallest absolute Gasteiger partial charge is 0.328 e. The number of ether oxygens (including phenoxy) is 1. The zero-order chi connectivity index (χ0) is 13.7. The molecule has 0 aromatic carbocycles. The Hall–Kier alpha value is -2.09. The van der Waals surface area contributed by atoms with Gasteiger partial charge < -0.3 is 9.64 Å². The predicted molar refractivity (Wildman–Crippen MR) is 70.6 cm³/mol. The summed E-state index contributed by atoms with van der Waals surface area (Å²) in [5.74, 6) is -0.213. The lowest BCUT2D eigenvalue weighted by Gasteiger charge is -2.35. The van der Waals surface area contributed by atoms with Gasteiger partial charge in [-0.15, -0.1) is 0 Å². The predicted octanol–water partition coefficient (Wildman–Crippen LogP) is 1.88. The van der Waals surface area contributed by atoms with Gasteiger partial charge in [-0.05, 0) is 38.3 Å². The second-order valence-electron chi connectivity index (χ2n) is 4.44. The molecule has 5 heteroatoms. The highest BCUT2D eigenvalue weighted by atomic mass is 16.5. The number of carbonyl (C=O) groups excluding carboxylic acids is 1. The van der Waals surface area contributed by atoms with Gasteiger partial charge in [-0.1, -0.05) is 0 Å². The molecule has 2 rings (SSSR count). The monoisotopic (exact) mass is 259 g/mol. The Morgan fingerprint density at radius 1 is 1.63 bits per heavy atom. The van der Waals surface area contributed by atoms with Gasteiger partial charge >= 0.3 is 5.97 Å². The molecule has 1 saturated heterocycles. The maximum absolute atomic E-state index is 12.0. The Morgan fingerprint density at radius 3 is 3.21 bits per heavy atom. The van der Waals surface area contributed by atoms with Crippen LogP contribution in [0.25, 0.3) is 0 Å². The second kappa shape index (κ2) is 6.19. The summed E-state index contributed by atoms with van der Waals surface area (Å²) in [5, 5.41) is 9.12. The first-order chi connectivity index (χ1) is 9.27. The molecule has 1 unspecified atom stereocenters. The van der Waals surface area contributed by atoms with Gasteiger partial charge in [0.1, 0.15) is 12.1 Å². The highest BCUT2D eigenvalue weighted by Crippen LogP contribution is 2.27. The summed E-state index contributed by atoms with van der Waals surface area (Å²) in [6, 6.07) is 5.40. The molecule has 0 spiro atoms. The first kappa shape index (κ1) is 13.3. The summed E-state index contributed by atoms with van der Waals surface area (Å²) in [7, 11) is 0. The highest BCUT2D eigenvalue weighted by Gasteiger charge is 2.31. The van der Waals surface area contributed by atoms with Crippen LogP contribution >= 0.6 is 0 Å². The van der Waals surface area contributed by atoms with Crippen LogP contribution in [-0.4, -0.2) is 30.1 Å². The van der Waals surface area contributed by atoms with E-state index in [0.29, 0.717) is 12.3 Å². The molecule has 1 aliphatic heterocycles. The largest absolute Gasteiger partial charge is 0.464 e. The van der Waals surface area contributed by atoms with Crippen molar-refractivity contribution in [2.24, 2.45) is 0 Å². The average molecular weight is 259 g/mol. The zero-order valence-electron chi connectivity index (χ0n) is 11.0. The summed E-state index contributed by atoms with van der Waals surface area (Å²) in [4.78, 5) is 18.0. The van der Waals surface area contributed by atoms with E-state index >= 15 is 0 Å². The number of esters is 1. The van der Waals surface area contributed by atoms with Crippen LogP contribution in [-0.2, 0) is 9.53 Å². The van der Waals surface area contributed by atoms with Crippen molar-refractivity contribution in [1.82, 2.24) is 4.98 Å². The summed E-state index contributed by atoms with van der Waals surface area (Å²) < 4.78 is 5.12. The van der Waals surface area contributed by atoms with Gasteiger partial charge in [0, 0.05) is 12.7 Å². The SMILES string of the molecule is CCOC(=O)C1CCCCN1c1cccnc1C#N. The third-order valence-electron chi connectivity index (χ3n) is 3.26. The third-order valence-corrected chi connectivity index (χ3v) is 3.26. The molecule has 100 valence electrons. The fraction of sp³-hybridized carbons (Fsp3) is 0.500. The lowest BCUT2D eigenvalue weighted by molar-refractivity contribution is -0.145. The minimum absolute atomic E-state index is 0.213. The van der Waals surface area contributed by atoms with Crippen molar-refractivity contribution in [3.63, 3.8) is 0 Å². The van der Waals surface area contributed by atoms with Gasteiger partial charge in [-0.3, -0.25) is 0 Å². The zero-order valence-corrected chi connectivity index (χ0v) is 11.0. The Balaban J connectivity index is 2.29. The van der Waals surface area contributed by atoms with Crippen LogP contribution in [0, 0.1) is 11.3 Å². The first-order valence-electron chi connectivity index (χ1n) is 6.56. The van der Waals surface area contributed by atoms with E-state index in [4.69, 9.17) is 10.00 Å². The number of pyridine rings is 1. The number of piperidine rings is 1. The van der Waals surface area contributed by atoms with E-state index in [-0.39, 0.29) is 12.0 Å². The molecule has 19 heavy (non-hydrogen) atoms. The number of hydrogen-bond acceptors (Lipinski definition) is 5. The highest BCUT2D eigenvalue weighted by molar-refractivity contribution is 5.81. The maximum Gasteiger partial charge on any atom is 0.328 e. The Labute approximate surface area is 112 Å². The van der Waals surface area contributed by atoms with Crippen LogP contribution < -0.4 is 4.90 Å². The number of carbonyl (C=O) groups is 1. The van der Waals surface area contributed by atoms with E-state index in [2.05, 4.69) is 11.1 Å². The minimum atomic E-state index is -0.301. The van der Waals surface area contributed by atoms with Crippen molar-refractivity contribution in [2.45, 2.75) is 32.2 Å². The molecule has 0 amide bonds. The van der Waals surface area contributed by atoms with Crippen LogP contribution in [0.3, 0.4) is 0 Å². The van der Waals surface area contributed by atoms with Crippen molar-refractivity contribution in [2.75, 3.05) is 18.1 Å². The number of rotatable bonds is 3. The minimum Gasteiger partial charge on any atom is -0.464 e. The van der Waals surface area contributed by atoms with Crippen LogP contribution in [0.2, 0.25) is 0 Å². The number of hydrogen-bond donors (Lipinski definition) is 0. The number of anilines is 1. The van der Waals surface area contributed by atoms with Gasteiger partial charge in [0.15, 0.2) is 5.69 Å². The summed E-state index contributed by atoms with van der Waals surface area (Å²) >= 11 is 0. The molecule has 1 aromatic heterocycles. The van der Waals surface area contributed by atoms with Gasteiger partial charge in [0.05, 0.1) is 12.3 Å². The Kier molecular flexibility index (Phi) is 4.35. The second-order valence-corrected chi connectivity index (χ2v) is 4.44. The normalized spacial score (nSPS) is 18.7. The fourth-order valence-corrected chi connectivity index (χ4v) is 2.42. The van der Waals surface area contributed by atoms with Crippen LogP contribution in [0.1, 0.15) is 31.9 Å². The molecule has 1 aromatic rings. The van der Waals surface area contributed by atoms with Gasteiger partial charge in [0.2, 0.25) is 0 Å². The van der Waals surface area contributed by atoms with Crippen molar-refractivity contribution in [3.05, 3.63) is 24.0 Å². The molecule has 5 nitrogen and oxygen atoms in total. The molecular weight excluding hydrogens is 242 g/mol. The number of nitriles is 1. The van der Waals surface area contributed by atoms with E-state index in [9.17, 15) is 4.79 Å². The first-order valence-corrected chi connectivity index (χ1v) is 6.56. The molecular formula is C14H17N3O2. The van der Waals surface area contributed by atoms with E-state index in [1.807, 2.05) is 11.0 Å². The summed E-state index contributed by atoms with van der Waals surface area (Å²) in [6.45, 7) is 2.93. The molecule has 0 saturated carbocycles. The quantitative estimate of drug-likeness (QED) is 0.775. The fourth-order valence-electron chi connectivity index (χ4n) is 2.42. The lowest BCUT2D eigenvalue weighted by Crippen LogP contribution is -2.46. The van der Waals surface area contributed by atoms with E-state index in [1.54, 1.807) is 19.2 Å². The van der Waals surface area contributed by atoms with Crippen molar-refractivity contribution in [3.8, 4) is 6.07 Å². The van der Waals surface area contributed by atoms with Gasteiger partial charge in [0.25, 0.3) is 0 Å². The maximum atomic E-state index is 12.0. The number of aromatic nitrogens is 1. The van der Waals surface area contributed by atoms with E-state index in [1.165, 1.54) is 0 Å². The van der Waals surface area contributed by atoms with E-state index in [0.717, 1.165) is 31.5 Å². The summed E-state index contributed by atoms with van der Waals surface area (Å²) in [5.41, 5.74) is 1.08. The number of nitrogens with zero attached hydrogens (tertiary/aromatic N) is 3. The summed E-state index contributed by atoms with van der Waals surface area (Å²) in [6.07, 6.45) is 4.36. The van der Waals surface area contributed by atoms with Crippen LogP contribution in [0.15, 0.2) is 18.3 Å². The molecule has 0 radical (unpaired) electrons. The third kappa shape index (κ3) is 2.84. The van der Waals surface area contributed by atoms with Crippen molar-refractivity contribution < 1.29 is 9.53 Å². The lowest BCUT2D eigenvalue weighted by atomic mass is 10.0. The average Bonchev–Trinajstić information content (AvgIpc) is 2.47. The van der Waals surface area contributed by atoms with E-state index < -0.39 is 0 Å². The van der Waals surface area contributed by atoms with Crippen molar-refractivity contribution >= 4 is 11.7 Å². The van der Waals surface area contributed by atoms with Gasteiger partial charge in [-0.2, -0.15) is 5.26 Å².